The second-order valence-electron chi connectivity index (χ2n) is 2.17. The zero-order chi connectivity index (χ0) is 8.27. The highest BCUT2D eigenvalue weighted by atomic mass is 19.1. The van der Waals surface area contributed by atoms with E-state index in [0.29, 0.717) is 5.56 Å². The van der Waals surface area contributed by atoms with Crippen LogP contribution in [0.25, 0.3) is 0 Å². The summed E-state index contributed by atoms with van der Waals surface area (Å²) in [4.78, 5) is 0. The molecule has 0 fully saturated rings. The van der Waals surface area contributed by atoms with E-state index in [4.69, 9.17) is 5.21 Å². The highest BCUT2D eigenvalue weighted by Gasteiger charge is 2.02. The van der Waals surface area contributed by atoms with Crippen LogP contribution >= 0.6 is 0 Å². The fraction of sp³-hybridized carbons (Fsp3) is 0.125. The van der Waals surface area contributed by atoms with Crippen molar-refractivity contribution in [2.24, 2.45) is 5.16 Å². The molecule has 2 nitrogen and oxygen atoms in total. The van der Waals surface area contributed by atoms with Gasteiger partial charge in [-0.3, -0.25) is 0 Å². The summed E-state index contributed by atoms with van der Waals surface area (Å²) in [7, 11) is 0. The van der Waals surface area contributed by atoms with Gasteiger partial charge in [0.2, 0.25) is 0 Å². The van der Waals surface area contributed by atoms with E-state index in [-0.39, 0.29) is 11.5 Å². The van der Waals surface area contributed by atoms with Gasteiger partial charge >= 0.3 is 0 Å². The van der Waals surface area contributed by atoms with Crippen molar-refractivity contribution in [1.82, 2.24) is 0 Å². The average Bonchev–Trinajstić information content (AvgIpc) is 2.04. The summed E-state index contributed by atoms with van der Waals surface area (Å²) in [5.41, 5.74) is 0.609. The molecule has 0 aliphatic carbocycles. The van der Waals surface area contributed by atoms with Crippen LogP contribution in [0.2, 0.25) is 0 Å². The normalized spacial score (nSPS) is 11.6. The fourth-order valence-electron chi connectivity index (χ4n) is 0.808. The summed E-state index contributed by atoms with van der Waals surface area (Å²) in [5.74, 6) is -0.372. The molecule has 0 radical (unpaired) electrons. The Morgan fingerprint density at radius 2 is 2.09 bits per heavy atom. The Bertz CT molecular complexity index is 283. The number of benzene rings is 1. The van der Waals surface area contributed by atoms with Gasteiger partial charge in [-0.25, -0.2) is 4.39 Å². The van der Waals surface area contributed by atoms with E-state index >= 15 is 0 Å². The third kappa shape index (κ3) is 1.55. The highest BCUT2D eigenvalue weighted by Crippen LogP contribution is 2.06. The molecule has 0 saturated heterocycles. The molecule has 58 valence electrons. The second-order valence-corrected chi connectivity index (χ2v) is 2.17. The van der Waals surface area contributed by atoms with E-state index in [1.165, 1.54) is 6.07 Å². The van der Waals surface area contributed by atoms with Gasteiger partial charge in [-0.1, -0.05) is 23.4 Å². The summed E-state index contributed by atoms with van der Waals surface area (Å²) in [6.45, 7) is 1.54. The second kappa shape index (κ2) is 3.14. The van der Waals surface area contributed by atoms with E-state index in [1.54, 1.807) is 25.1 Å². The highest BCUT2D eigenvalue weighted by molar-refractivity contribution is 5.98. The van der Waals surface area contributed by atoms with Gasteiger partial charge in [0.15, 0.2) is 0 Å². The van der Waals surface area contributed by atoms with Gasteiger partial charge in [0.05, 0.1) is 5.71 Å². The van der Waals surface area contributed by atoms with Crippen molar-refractivity contribution in [3.8, 4) is 0 Å². The lowest BCUT2D eigenvalue weighted by Gasteiger charge is -1.97. The van der Waals surface area contributed by atoms with Crippen molar-refractivity contribution >= 4 is 5.71 Å². The van der Waals surface area contributed by atoms with Gasteiger partial charge in [-0.05, 0) is 13.0 Å². The molecule has 0 bridgehead atoms. The first kappa shape index (κ1) is 7.72. The quantitative estimate of drug-likeness (QED) is 0.373. The van der Waals surface area contributed by atoms with Gasteiger partial charge in [0, 0.05) is 5.56 Å². The molecular weight excluding hydrogens is 145 g/mol. The molecule has 0 heterocycles. The molecule has 0 aliphatic rings. The lowest BCUT2D eigenvalue weighted by Crippen LogP contribution is -1.97. The largest absolute Gasteiger partial charge is 0.411 e. The van der Waals surface area contributed by atoms with Gasteiger partial charge in [-0.2, -0.15) is 0 Å². The van der Waals surface area contributed by atoms with Crippen LogP contribution in [0.15, 0.2) is 29.4 Å². The van der Waals surface area contributed by atoms with Crippen molar-refractivity contribution in [2.75, 3.05) is 0 Å². The number of nitrogens with zero attached hydrogens (tertiary/aromatic N) is 1. The van der Waals surface area contributed by atoms with Crippen LogP contribution in [0.4, 0.5) is 4.39 Å². The molecule has 3 heteroatoms. The van der Waals surface area contributed by atoms with Crippen LogP contribution in [-0.4, -0.2) is 10.9 Å². The minimum Gasteiger partial charge on any atom is -0.411 e. The lowest BCUT2D eigenvalue weighted by molar-refractivity contribution is 0.319. The molecule has 0 atom stereocenters. The van der Waals surface area contributed by atoms with Gasteiger partial charge in [0.25, 0.3) is 0 Å². The molecule has 0 unspecified atom stereocenters. The maximum Gasteiger partial charge on any atom is 0.132 e. The van der Waals surface area contributed by atoms with Gasteiger partial charge < -0.3 is 5.21 Å². The minimum absolute atomic E-state index is 0.281. The Balaban J connectivity index is 3.14. The van der Waals surface area contributed by atoms with E-state index in [9.17, 15) is 4.39 Å². The van der Waals surface area contributed by atoms with E-state index in [2.05, 4.69) is 5.16 Å². The first-order valence-electron chi connectivity index (χ1n) is 3.19. The summed E-state index contributed by atoms with van der Waals surface area (Å²) in [5, 5.41) is 11.2. The number of oxime groups is 1. The fourth-order valence-corrected chi connectivity index (χ4v) is 0.808. The molecule has 0 spiro atoms. The van der Waals surface area contributed by atoms with Gasteiger partial charge in [-0.15, -0.1) is 0 Å². The van der Waals surface area contributed by atoms with Crippen LogP contribution < -0.4 is 0 Å². The Kier molecular flexibility index (Phi) is 2.21. The Morgan fingerprint density at radius 1 is 1.45 bits per heavy atom. The number of halogens is 1. The lowest BCUT2D eigenvalue weighted by atomic mass is 10.1. The SMILES string of the molecule is C/C(=N/O)c1ccccc1F. The molecule has 0 aromatic heterocycles. The zero-order valence-electron chi connectivity index (χ0n) is 6.08. The van der Waals surface area contributed by atoms with Crippen LogP contribution in [-0.2, 0) is 0 Å². The molecule has 1 N–H and O–H groups in total. The number of rotatable bonds is 1. The Labute approximate surface area is 64.0 Å². The standard InChI is InChI=1S/C8H8FNO/c1-6(10-11)7-4-2-3-5-8(7)9/h2-5,11H,1H3/b10-6-. The molecule has 1 aromatic rings. The maximum atomic E-state index is 12.8. The van der Waals surface area contributed by atoms with Crippen LogP contribution in [0.5, 0.6) is 0 Å². The molecule has 0 amide bonds. The third-order valence-corrected chi connectivity index (χ3v) is 1.41. The van der Waals surface area contributed by atoms with Crippen molar-refractivity contribution in [2.45, 2.75) is 6.92 Å². The molecule has 0 aliphatic heterocycles. The minimum atomic E-state index is -0.372. The smallest absolute Gasteiger partial charge is 0.132 e. The number of hydrogen-bond acceptors (Lipinski definition) is 2. The van der Waals surface area contributed by atoms with E-state index in [0.717, 1.165) is 0 Å². The van der Waals surface area contributed by atoms with Crippen molar-refractivity contribution in [3.05, 3.63) is 35.6 Å². The monoisotopic (exact) mass is 153 g/mol. The summed E-state index contributed by atoms with van der Waals surface area (Å²) in [6.07, 6.45) is 0. The summed E-state index contributed by atoms with van der Waals surface area (Å²) < 4.78 is 12.8. The Morgan fingerprint density at radius 3 is 2.64 bits per heavy atom. The molecule has 1 rings (SSSR count). The third-order valence-electron chi connectivity index (χ3n) is 1.41. The van der Waals surface area contributed by atoms with Crippen LogP contribution in [0, 0.1) is 5.82 Å². The Hall–Kier alpha value is -1.38. The van der Waals surface area contributed by atoms with Crippen LogP contribution in [0.3, 0.4) is 0 Å². The predicted octanol–water partition coefficient (Wildman–Crippen LogP) is 2.02. The topological polar surface area (TPSA) is 32.6 Å². The number of hydrogen-bond donors (Lipinski definition) is 1. The van der Waals surface area contributed by atoms with E-state index in [1.807, 2.05) is 0 Å². The zero-order valence-corrected chi connectivity index (χ0v) is 6.08. The van der Waals surface area contributed by atoms with Crippen molar-refractivity contribution in [3.63, 3.8) is 0 Å². The van der Waals surface area contributed by atoms with Crippen molar-refractivity contribution in [1.29, 1.82) is 0 Å². The predicted molar refractivity (Wildman–Crippen MR) is 40.4 cm³/mol. The first-order chi connectivity index (χ1) is 5.25. The first-order valence-corrected chi connectivity index (χ1v) is 3.19. The summed E-state index contributed by atoms with van der Waals surface area (Å²) >= 11 is 0. The molecule has 1 aromatic carbocycles. The van der Waals surface area contributed by atoms with Crippen molar-refractivity contribution < 1.29 is 9.60 Å². The molecule has 11 heavy (non-hydrogen) atoms. The molecular formula is C8H8FNO. The van der Waals surface area contributed by atoms with Crippen LogP contribution in [0.1, 0.15) is 12.5 Å². The van der Waals surface area contributed by atoms with E-state index < -0.39 is 0 Å². The average molecular weight is 153 g/mol. The molecule has 0 saturated carbocycles. The summed E-state index contributed by atoms with van der Waals surface area (Å²) in [6, 6.07) is 6.16. The maximum absolute atomic E-state index is 12.8. The van der Waals surface area contributed by atoms with Gasteiger partial charge in [0.1, 0.15) is 5.82 Å².